The molecule has 1 saturated heterocycles. The van der Waals surface area contributed by atoms with Gasteiger partial charge in [-0.25, -0.2) is 13.4 Å². The van der Waals surface area contributed by atoms with Gasteiger partial charge in [0.1, 0.15) is 13.7 Å². The zero-order valence-corrected chi connectivity index (χ0v) is 22.1. The average molecular weight is 522 g/mol. The number of benzene rings is 2. The minimum Gasteiger partial charge on any atom is -0.370 e. The highest BCUT2D eigenvalue weighted by Gasteiger charge is 2.30. The van der Waals surface area contributed by atoms with Crippen LogP contribution in [0.1, 0.15) is 25.3 Å². The first-order chi connectivity index (χ1) is 17.4. The van der Waals surface area contributed by atoms with Gasteiger partial charge in [-0.3, -0.25) is 0 Å². The second kappa shape index (κ2) is 10.2. The number of piperidine rings is 1. The van der Waals surface area contributed by atoms with E-state index < -0.39 is 10.0 Å². The van der Waals surface area contributed by atoms with Crippen LogP contribution in [0, 0.1) is 5.92 Å². The van der Waals surface area contributed by atoms with E-state index in [2.05, 4.69) is 17.3 Å². The topological polar surface area (TPSA) is 79.6 Å². The van der Waals surface area contributed by atoms with E-state index in [1.165, 1.54) is 0 Å². The first-order valence-electron chi connectivity index (χ1n) is 12.3. The Hall–Kier alpha value is -2.88. The van der Waals surface area contributed by atoms with Gasteiger partial charge in [0.2, 0.25) is 10.0 Å². The largest absolute Gasteiger partial charge is 0.370 e. The number of halogens is 1. The molecule has 36 heavy (non-hydrogen) atoms. The summed E-state index contributed by atoms with van der Waals surface area (Å²) < 4.78 is 30.0. The van der Waals surface area contributed by atoms with Crippen LogP contribution in [0.2, 0.25) is 5.02 Å². The quantitative estimate of drug-likeness (QED) is 0.377. The van der Waals surface area contributed by atoms with E-state index >= 15 is 0 Å². The van der Waals surface area contributed by atoms with E-state index in [9.17, 15) is 8.42 Å². The van der Waals surface area contributed by atoms with Gasteiger partial charge in [0.15, 0.2) is 5.65 Å². The van der Waals surface area contributed by atoms with E-state index in [-0.39, 0.29) is 5.92 Å². The molecule has 1 unspecified atom stereocenters. The highest BCUT2D eigenvalue weighted by molar-refractivity contribution is 7.89. The molecule has 7 nitrogen and oxygen atoms in total. The van der Waals surface area contributed by atoms with Gasteiger partial charge in [-0.15, -0.1) is 0 Å². The summed E-state index contributed by atoms with van der Waals surface area (Å²) >= 11 is 6.46. The lowest BCUT2D eigenvalue weighted by atomic mass is 9.99. The number of anilines is 1. The highest BCUT2D eigenvalue weighted by Crippen LogP contribution is 2.29. The van der Waals surface area contributed by atoms with Crippen molar-refractivity contribution >= 4 is 46.4 Å². The van der Waals surface area contributed by atoms with Crippen LogP contribution in [0.3, 0.4) is 0 Å². The predicted molar refractivity (Wildman–Crippen MR) is 147 cm³/mol. The van der Waals surface area contributed by atoms with Crippen molar-refractivity contribution in [2.75, 3.05) is 25.0 Å². The maximum Gasteiger partial charge on any atom is 0.243 e. The average Bonchev–Trinajstić information content (AvgIpc) is 3.28. The van der Waals surface area contributed by atoms with Crippen LogP contribution >= 0.6 is 11.6 Å². The van der Waals surface area contributed by atoms with Crippen molar-refractivity contribution in [1.29, 1.82) is 0 Å². The van der Waals surface area contributed by atoms with Crippen molar-refractivity contribution in [3.8, 4) is 11.3 Å². The summed E-state index contributed by atoms with van der Waals surface area (Å²) in [4.78, 5) is 5.16. The summed E-state index contributed by atoms with van der Waals surface area (Å²) in [5.74, 6) is 0.977. The summed E-state index contributed by atoms with van der Waals surface area (Å²) in [6.07, 6.45) is 4.46. The predicted octanol–water partition coefficient (Wildman–Crippen LogP) is 3.38. The molecule has 2 aromatic carbocycles. The molecule has 1 aliphatic rings. The molecule has 0 saturated carbocycles. The third-order valence-corrected chi connectivity index (χ3v) is 9.03. The summed E-state index contributed by atoms with van der Waals surface area (Å²) in [5.41, 5.74) is 4.48. The second-order valence-corrected chi connectivity index (χ2v) is 11.7. The lowest BCUT2D eigenvalue weighted by molar-refractivity contribution is 0.275. The van der Waals surface area contributed by atoms with Gasteiger partial charge in [-0.1, -0.05) is 48.9 Å². The molecule has 5 rings (SSSR count). The number of rotatable bonds is 7. The smallest absolute Gasteiger partial charge is 0.243 e. The maximum atomic E-state index is 13.3. The van der Waals surface area contributed by atoms with Crippen LogP contribution in [0.15, 0.2) is 65.7 Å². The number of aromatic nitrogens is 3. The van der Waals surface area contributed by atoms with Crippen molar-refractivity contribution in [3.63, 3.8) is 0 Å². The zero-order valence-electron chi connectivity index (χ0n) is 20.5. The van der Waals surface area contributed by atoms with Gasteiger partial charge >= 0.3 is 0 Å². The molecular weight excluding hydrogens is 493 g/mol. The standard InChI is InChI=1S/C26H29BClN5O2S/c1-2-18-9-11-20(12-10-18)36(34,35)32-13-5-6-19(17-32)15-29-25-14-24(21-7-3-4-8-23(21)28)31-26-22(27)16-30-33(25)26/h3-4,7-12,14,16,19,29H,2,5-6,13,15,17,27H2,1H3. The number of nitrogens with zero attached hydrogens (tertiary/aromatic N) is 4. The number of fused-ring (bicyclic) bond motifs is 1. The monoisotopic (exact) mass is 521 g/mol. The Kier molecular flexibility index (Phi) is 7.06. The first kappa shape index (κ1) is 24.8. The number of sulfonamides is 1. The molecule has 1 fully saturated rings. The third-order valence-electron chi connectivity index (χ3n) is 6.82. The molecule has 0 aliphatic carbocycles. The summed E-state index contributed by atoms with van der Waals surface area (Å²) in [5, 5.41) is 8.66. The van der Waals surface area contributed by atoms with Gasteiger partial charge in [-0.05, 0) is 54.4 Å². The van der Waals surface area contributed by atoms with Crippen LogP contribution in [-0.2, 0) is 16.4 Å². The zero-order chi connectivity index (χ0) is 25.3. The molecule has 186 valence electrons. The van der Waals surface area contributed by atoms with E-state index in [0.717, 1.165) is 53.0 Å². The Labute approximate surface area is 218 Å². The van der Waals surface area contributed by atoms with Crippen LogP contribution in [-0.4, -0.2) is 54.8 Å². The third kappa shape index (κ3) is 4.87. The summed E-state index contributed by atoms with van der Waals surface area (Å²) in [6.45, 7) is 3.71. The van der Waals surface area contributed by atoms with Crippen molar-refractivity contribution in [1.82, 2.24) is 18.9 Å². The lowest BCUT2D eigenvalue weighted by Gasteiger charge is -2.32. The molecule has 2 aromatic heterocycles. The normalized spacial score (nSPS) is 16.9. The summed E-state index contributed by atoms with van der Waals surface area (Å²) in [6, 6.07) is 16.8. The second-order valence-electron chi connectivity index (χ2n) is 9.32. The van der Waals surface area contributed by atoms with Crippen molar-refractivity contribution in [2.45, 2.75) is 31.1 Å². The van der Waals surface area contributed by atoms with E-state index in [0.29, 0.717) is 29.6 Å². The van der Waals surface area contributed by atoms with E-state index in [1.807, 2.05) is 50.3 Å². The number of hydrogen-bond donors (Lipinski definition) is 1. The Bertz CT molecular complexity index is 1490. The molecule has 10 heteroatoms. The molecule has 1 N–H and O–H groups in total. The van der Waals surface area contributed by atoms with Crippen LogP contribution in [0.4, 0.5) is 5.82 Å². The number of aryl methyl sites for hydroxylation is 1. The van der Waals surface area contributed by atoms with Crippen molar-refractivity contribution < 1.29 is 8.42 Å². The molecule has 0 spiro atoms. The van der Waals surface area contributed by atoms with Crippen molar-refractivity contribution in [3.05, 3.63) is 71.4 Å². The molecule has 1 atom stereocenters. The van der Waals surface area contributed by atoms with Crippen LogP contribution < -0.4 is 10.8 Å². The number of hydrogen-bond acceptors (Lipinski definition) is 5. The molecule has 1 aliphatic heterocycles. The Balaban J connectivity index is 1.36. The minimum atomic E-state index is -3.52. The molecule has 0 radical (unpaired) electrons. The van der Waals surface area contributed by atoms with Gasteiger partial charge in [0.25, 0.3) is 0 Å². The van der Waals surface area contributed by atoms with Crippen LogP contribution in [0.5, 0.6) is 0 Å². The first-order valence-corrected chi connectivity index (χ1v) is 14.1. The maximum absolute atomic E-state index is 13.3. The van der Waals surface area contributed by atoms with Crippen LogP contribution in [0.25, 0.3) is 16.9 Å². The van der Waals surface area contributed by atoms with E-state index in [4.69, 9.17) is 16.6 Å². The van der Waals surface area contributed by atoms with Gasteiger partial charge in [0.05, 0.1) is 10.6 Å². The fourth-order valence-corrected chi connectivity index (χ4v) is 6.50. The van der Waals surface area contributed by atoms with Crippen molar-refractivity contribution in [2.24, 2.45) is 5.92 Å². The molecule has 0 bridgehead atoms. The van der Waals surface area contributed by atoms with Gasteiger partial charge in [-0.2, -0.15) is 13.9 Å². The fourth-order valence-electron chi connectivity index (χ4n) is 4.71. The minimum absolute atomic E-state index is 0.173. The molecule has 4 aromatic rings. The Morgan fingerprint density at radius 1 is 1.17 bits per heavy atom. The van der Waals surface area contributed by atoms with Gasteiger partial charge in [0, 0.05) is 42.5 Å². The molecule has 0 amide bonds. The SMILES string of the molecule is Bc1cnn2c(NCC3CCCN(S(=O)(=O)c4ccc(CC)cc4)C3)cc(-c3ccccc3Cl)nc12. The Morgan fingerprint density at radius 2 is 1.94 bits per heavy atom. The lowest BCUT2D eigenvalue weighted by Crippen LogP contribution is -2.41. The number of nitrogens with one attached hydrogen (secondary N) is 1. The highest BCUT2D eigenvalue weighted by atomic mass is 35.5. The fraction of sp³-hybridized carbons (Fsp3) is 0.308. The Morgan fingerprint density at radius 3 is 2.69 bits per heavy atom. The van der Waals surface area contributed by atoms with Gasteiger partial charge < -0.3 is 5.32 Å². The molecular formula is C26H29BClN5O2S. The summed E-state index contributed by atoms with van der Waals surface area (Å²) in [7, 11) is -1.54. The molecule has 3 heterocycles. The van der Waals surface area contributed by atoms with E-state index in [1.54, 1.807) is 27.2 Å².